The third-order valence-electron chi connectivity index (χ3n) is 3.50. The van der Waals surface area contributed by atoms with Crippen molar-refractivity contribution in [1.29, 1.82) is 0 Å². The van der Waals surface area contributed by atoms with Crippen molar-refractivity contribution in [1.82, 2.24) is 4.98 Å². The molecule has 1 heterocycles. The summed E-state index contributed by atoms with van der Waals surface area (Å²) in [6, 6.07) is 6.45. The number of pyridine rings is 1. The van der Waals surface area contributed by atoms with Crippen LogP contribution in [0.3, 0.4) is 0 Å². The molecule has 108 valence electrons. The van der Waals surface area contributed by atoms with Gasteiger partial charge in [-0.2, -0.15) is 0 Å². The second kappa shape index (κ2) is 5.69. The van der Waals surface area contributed by atoms with Gasteiger partial charge in [-0.15, -0.1) is 0 Å². The number of thiocarbonyl (C=S) groups is 1. The van der Waals surface area contributed by atoms with E-state index in [-0.39, 0.29) is 5.82 Å². The molecule has 0 radical (unpaired) electrons. The van der Waals surface area contributed by atoms with Crippen LogP contribution in [0.1, 0.15) is 23.2 Å². The lowest BCUT2D eigenvalue weighted by atomic mass is 10.1. The molecule has 6 heteroatoms. The molecule has 1 aliphatic carbocycles. The molecule has 0 spiro atoms. The first kappa shape index (κ1) is 14.4. The summed E-state index contributed by atoms with van der Waals surface area (Å²) >= 11 is 8.45. The van der Waals surface area contributed by atoms with Crippen LogP contribution in [0.15, 0.2) is 28.7 Å². The standard InChI is InChI=1S/C15H13BrFN3S/c16-11-7-9(17)4-5-13(11)20-15-10(14(18)21)6-8-2-1-3-12(8)19-15/h4-7H,1-3H2,(H2,18,21)(H,19,20). The number of aryl methyl sites for hydroxylation is 2. The highest BCUT2D eigenvalue weighted by molar-refractivity contribution is 9.10. The van der Waals surface area contributed by atoms with Crippen LogP contribution in [-0.4, -0.2) is 9.97 Å². The van der Waals surface area contributed by atoms with Gasteiger partial charge in [-0.25, -0.2) is 9.37 Å². The predicted molar refractivity (Wildman–Crippen MR) is 89.5 cm³/mol. The Morgan fingerprint density at radius 3 is 2.86 bits per heavy atom. The maximum absolute atomic E-state index is 13.2. The molecule has 1 aliphatic rings. The first-order valence-corrected chi connectivity index (χ1v) is 7.79. The zero-order valence-corrected chi connectivity index (χ0v) is 13.5. The minimum atomic E-state index is -0.302. The van der Waals surface area contributed by atoms with E-state index in [1.165, 1.54) is 17.7 Å². The fourth-order valence-electron chi connectivity index (χ4n) is 2.47. The van der Waals surface area contributed by atoms with E-state index in [9.17, 15) is 4.39 Å². The maximum atomic E-state index is 13.2. The second-order valence-electron chi connectivity index (χ2n) is 4.96. The average Bonchev–Trinajstić information content (AvgIpc) is 2.88. The van der Waals surface area contributed by atoms with Gasteiger partial charge in [0, 0.05) is 10.2 Å². The lowest BCUT2D eigenvalue weighted by Crippen LogP contribution is -2.14. The lowest BCUT2D eigenvalue weighted by Gasteiger charge is -2.14. The van der Waals surface area contributed by atoms with E-state index in [0.717, 1.165) is 36.2 Å². The molecule has 0 saturated carbocycles. The monoisotopic (exact) mass is 365 g/mol. The van der Waals surface area contributed by atoms with Crippen molar-refractivity contribution in [2.75, 3.05) is 5.32 Å². The zero-order valence-electron chi connectivity index (χ0n) is 11.1. The number of nitrogens with one attached hydrogen (secondary N) is 1. The predicted octanol–water partition coefficient (Wildman–Crippen LogP) is 3.85. The number of nitrogens with two attached hydrogens (primary N) is 1. The second-order valence-corrected chi connectivity index (χ2v) is 6.25. The number of halogens is 2. The van der Waals surface area contributed by atoms with E-state index in [1.807, 2.05) is 6.07 Å². The van der Waals surface area contributed by atoms with Crippen molar-refractivity contribution < 1.29 is 4.39 Å². The van der Waals surface area contributed by atoms with E-state index in [4.69, 9.17) is 18.0 Å². The Labute approximate surface area is 135 Å². The molecule has 0 unspecified atom stereocenters. The number of nitrogens with zero attached hydrogens (tertiary/aromatic N) is 1. The number of hydrogen-bond donors (Lipinski definition) is 2. The van der Waals surface area contributed by atoms with Crippen LogP contribution >= 0.6 is 28.1 Å². The number of benzene rings is 1. The van der Waals surface area contributed by atoms with Gasteiger partial charge in [-0.05, 0) is 65.0 Å². The summed E-state index contributed by atoms with van der Waals surface area (Å²) < 4.78 is 13.8. The highest BCUT2D eigenvalue weighted by atomic mass is 79.9. The number of rotatable bonds is 3. The largest absolute Gasteiger partial charge is 0.389 e. The van der Waals surface area contributed by atoms with Crippen LogP contribution in [0.4, 0.5) is 15.9 Å². The summed E-state index contributed by atoms with van der Waals surface area (Å²) in [7, 11) is 0. The van der Waals surface area contributed by atoms with Gasteiger partial charge < -0.3 is 11.1 Å². The van der Waals surface area contributed by atoms with E-state index in [2.05, 4.69) is 26.2 Å². The molecular formula is C15H13BrFN3S. The van der Waals surface area contributed by atoms with Crippen molar-refractivity contribution in [3.63, 3.8) is 0 Å². The van der Waals surface area contributed by atoms with Crippen LogP contribution < -0.4 is 11.1 Å². The van der Waals surface area contributed by atoms with E-state index < -0.39 is 0 Å². The van der Waals surface area contributed by atoms with Crippen molar-refractivity contribution in [3.8, 4) is 0 Å². The molecule has 21 heavy (non-hydrogen) atoms. The average molecular weight is 366 g/mol. The number of anilines is 2. The molecule has 1 aromatic heterocycles. The molecule has 0 aliphatic heterocycles. The van der Waals surface area contributed by atoms with Crippen molar-refractivity contribution in [2.24, 2.45) is 5.73 Å². The third kappa shape index (κ3) is 2.91. The van der Waals surface area contributed by atoms with Gasteiger partial charge in [0.2, 0.25) is 0 Å². The summed E-state index contributed by atoms with van der Waals surface area (Å²) in [4.78, 5) is 4.94. The Bertz CT molecular complexity index is 733. The van der Waals surface area contributed by atoms with Gasteiger partial charge in [-0.3, -0.25) is 0 Å². The summed E-state index contributed by atoms with van der Waals surface area (Å²) in [5.74, 6) is 0.319. The van der Waals surface area contributed by atoms with E-state index in [0.29, 0.717) is 15.3 Å². The summed E-state index contributed by atoms with van der Waals surface area (Å²) in [5.41, 5.74) is 9.54. The first-order chi connectivity index (χ1) is 10.0. The van der Waals surface area contributed by atoms with E-state index in [1.54, 1.807) is 6.07 Å². The van der Waals surface area contributed by atoms with Crippen LogP contribution in [0, 0.1) is 5.82 Å². The van der Waals surface area contributed by atoms with E-state index >= 15 is 0 Å². The first-order valence-electron chi connectivity index (χ1n) is 6.59. The molecule has 2 aromatic rings. The van der Waals surface area contributed by atoms with Crippen LogP contribution in [0.5, 0.6) is 0 Å². The Morgan fingerprint density at radius 2 is 2.14 bits per heavy atom. The van der Waals surface area contributed by atoms with Crippen LogP contribution in [0.2, 0.25) is 0 Å². The number of aromatic nitrogens is 1. The van der Waals surface area contributed by atoms with Gasteiger partial charge in [-0.1, -0.05) is 12.2 Å². The fourth-order valence-corrected chi connectivity index (χ4v) is 3.08. The summed E-state index contributed by atoms with van der Waals surface area (Å²) in [6.07, 6.45) is 3.08. The molecule has 0 fully saturated rings. The lowest BCUT2D eigenvalue weighted by molar-refractivity contribution is 0.627. The number of fused-ring (bicyclic) bond motifs is 1. The minimum absolute atomic E-state index is 0.302. The van der Waals surface area contributed by atoms with Crippen molar-refractivity contribution >= 4 is 44.6 Å². The Kier molecular flexibility index (Phi) is 3.91. The summed E-state index contributed by atoms with van der Waals surface area (Å²) in [5, 5.41) is 3.19. The normalized spacial score (nSPS) is 13.0. The van der Waals surface area contributed by atoms with Gasteiger partial charge in [0.1, 0.15) is 16.6 Å². The van der Waals surface area contributed by atoms with Gasteiger partial charge >= 0.3 is 0 Å². The molecule has 1 aromatic carbocycles. The Balaban J connectivity index is 2.03. The SMILES string of the molecule is NC(=S)c1cc2c(nc1Nc1ccc(F)cc1Br)CCC2. The molecule has 3 N–H and O–H groups in total. The molecular weight excluding hydrogens is 353 g/mol. The molecule has 0 bridgehead atoms. The van der Waals surface area contributed by atoms with Gasteiger partial charge in [0.05, 0.1) is 11.3 Å². The highest BCUT2D eigenvalue weighted by Crippen LogP contribution is 2.30. The quantitative estimate of drug-likeness (QED) is 0.811. The molecule has 0 amide bonds. The molecule has 0 saturated heterocycles. The summed E-state index contributed by atoms with van der Waals surface area (Å²) in [6.45, 7) is 0. The number of hydrogen-bond acceptors (Lipinski definition) is 3. The smallest absolute Gasteiger partial charge is 0.140 e. The van der Waals surface area contributed by atoms with Crippen molar-refractivity contribution in [2.45, 2.75) is 19.3 Å². The maximum Gasteiger partial charge on any atom is 0.140 e. The Hall–Kier alpha value is -1.53. The van der Waals surface area contributed by atoms with Gasteiger partial charge in [0.15, 0.2) is 0 Å². The molecule has 3 rings (SSSR count). The van der Waals surface area contributed by atoms with Crippen LogP contribution in [-0.2, 0) is 12.8 Å². The zero-order chi connectivity index (χ0) is 15.0. The molecule has 3 nitrogen and oxygen atoms in total. The third-order valence-corrected chi connectivity index (χ3v) is 4.38. The Morgan fingerprint density at radius 1 is 1.33 bits per heavy atom. The van der Waals surface area contributed by atoms with Gasteiger partial charge in [0.25, 0.3) is 0 Å². The van der Waals surface area contributed by atoms with Crippen molar-refractivity contribution in [3.05, 3.63) is 51.4 Å². The minimum Gasteiger partial charge on any atom is -0.389 e. The molecule has 0 atom stereocenters. The highest BCUT2D eigenvalue weighted by Gasteiger charge is 2.18. The van der Waals surface area contributed by atoms with Crippen LogP contribution in [0.25, 0.3) is 0 Å². The fraction of sp³-hybridized carbons (Fsp3) is 0.200. The topological polar surface area (TPSA) is 50.9 Å².